The van der Waals surface area contributed by atoms with E-state index in [1.54, 1.807) is 0 Å². The van der Waals surface area contributed by atoms with Crippen LogP contribution in [0.5, 0.6) is 0 Å². The summed E-state index contributed by atoms with van der Waals surface area (Å²) in [5.41, 5.74) is -0.158. The summed E-state index contributed by atoms with van der Waals surface area (Å²) in [5, 5.41) is 29.2. The van der Waals surface area contributed by atoms with Crippen molar-refractivity contribution in [2.45, 2.75) is 70.2 Å². The van der Waals surface area contributed by atoms with Crippen LogP contribution in [0.3, 0.4) is 0 Å². The second-order valence-corrected chi connectivity index (χ2v) is 18.8. The molecule has 272 valence electrons. The number of benzene rings is 2. The van der Waals surface area contributed by atoms with Crippen molar-refractivity contribution in [1.82, 2.24) is 16.0 Å². The molecule has 0 bridgehead atoms. The highest BCUT2D eigenvalue weighted by molar-refractivity contribution is 8.47. The highest BCUT2D eigenvalue weighted by atomic mass is 32.2. The van der Waals surface area contributed by atoms with E-state index in [9.17, 15) is 34.6 Å². The fourth-order valence-electron chi connectivity index (χ4n) is 4.84. The van der Waals surface area contributed by atoms with Crippen LogP contribution in [0.25, 0.3) is 0 Å². The number of thiocarbonyl (C=S) groups is 1. The average molecular weight is 768 g/mol. The number of amides is 3. The van der Waals surface area contributed by atoms with Crippen molar-refractivity contribution in [3.63, 3.8) is 0 Å². The maximum atomic E-state index is 12.9. The minimum Gasteiger partial charge on any atom is -0.445 e. The predicted octanol–water partition coefficient (Wildman–Crippen LogP) is 5.65. The lowest BCUT2D eigenvalue weighted by atomic mass is 9.67. The molecule has 3 N–H and O–H groups in total. The molecule has 1 aliphatic rings. The molecule has 0 saturated carbocycles. The van der Waals surface area contributed by atoms with E-state index in [1.807, 2.05) is 27.7 Å². The number of carbonyl (C=O) groups is 3. The monoisotopic (exact) mass is 767 g/mol. The fraction of sp³-hybridized carbons (Fsp3) is 0.484. The molecule has 2 aromatic rings. The van der Waals surface area contributed by atoms with Gasteiger partial charge in [0.1, 0.15) is 16.7 Å². The molecule has 0 aliphatic carbocycles. The van der Waals surface area contributed by atoms with Crippen LogP contribution < -0.4 is 16.0 Å². The number of carbonyl (C=O) groups excluding carboxylic acids is 3. The standard InChI is InChI=1S/C31H41N5O10S3Si/c1-30(2,3)31(4,46-50(5)6)24-25(37)34-26(24)49-29(47)48-23(15-32-27(38)44-17-19-7-11-21(12-8-19)35(40)41)16-33-28(39)45-18-20-9-13-22(14-10-20)36(42)43/h7-14,23-24,26,50H,15-18H2,1-6H3,(H,32,38)(H,33,39)(H,34,37)/t24-,26+,31?/m0/s1. The molecule has 1 heterocycles. The van der Waals surface area contributed by atoms with Crippen molar-refractivity contribution in [1.29, 1.82) is 0 Å². The molecule has 1 saturated heterocycles. The van der Waals surface area contributed by atoms with Crippen molar-refractivity contribution in [3.05, 3.63) is 79.9 Å². The number of nitrogens with one attached hydrogen (secondary N) is 3. The average Bonchev–Trinajstić information content (AvgIpc) is 3.03. The van der Waals surface area contributed by atoms with Crippen LogP contribution in [-0.2, 0) is 31.9 Å². The van der Waals surface area contributed by atoms with Gasteiger partial charge in [-0.2, -0.15) is 0 Å². The Labute approximate surface area is 305 Å². The van der Waals surface area contributed by atoms with Crippen molar-refractivity contribution in [3.8, 4) is 0 Å². The topological polar surface area (TPSA) is 201 Å². The number of ether oxygens (including phenoxy) is 2. The molecule has 2 aromatic carbocycles. The highest BCUT2D eigenvalue weighted by Crippen LogP contribution is 2.47. The van der Waals surface area contributed by atoms with Gasteiger partial charge in [0.05, 0.1) is 26.7 Å². The van der Waals surface area contributed by atoms with Crippen molar-refractivity contribution in [2.75, 3.05) is 13.1 Å². The van der Waals surface area contributed by atoms with E-state index in [2.05, 4.69) is 29.0 Å². The zero-order valence-electron chi connectivity index (χ0n) is 28.5. The molecule has 3 rings (SSSR count). The number of nitro groups is 2. The van der Waals surface area contributed by atoms with Crippen molar-refractivity contribution in [2.24, 2.45) is 11.3 Å². The number of β-lactam (4-membered cyclic amide) rings is 1. The first-order chi connectivity index (χ1) is 23.4. The normalized spacial score (nSPS) is 16.8. The first kappa shape index (κ1) is 40.6. The van der Waals surface area contributed by atoms with E-state index in [-0.39, 0.29) is 54.4 Å². The molecular formula is C31H41N5O10S3Si. The van der Waals surface area contributed by atoms with Gasteiger partial charge >= 0.3 is 12.2 Å². The first-order valence-electron chi connectivity index (χ1n) is 15.5. The molecule has 15 nitrogen and oxygen atoms in total. The van der Waals surface area contributed by atoms with Gasteiger partial charge in [0.25, 0.3) is 11.4 Å². The SMILES string of the molecule is C[SiH](C)OC(C)([C@H]1C(=O)N[C@@H]1SC(=S)SC(CNC(=O)OCc1ccc([N+](=O)[O-])cc1)CNC(=O)OCc1ccc([N+](=O)[O-])cc1)C(C)(C)C. The second-order valence-electron chi connectivity index (χ2n) is 12.8. The summed E-state index contributed by atoms with van der Waals surface area (Å²) in [7, 11) is -1.53. The Morgan fingerprint density at radius 3 is 1.70 bits per heavy atom. The van der Waals surface area contributed by atoms with E-state index < -0.39 is 47.8 Å². The first-order valence-corrected chi connectivity index (χ1v) is 20.5. The number of thioether (sulfide) groups is 2. The predicted molar refractivity (Wildman–Crippen MR) is 197 cm³/mol. The quantitative estimate of drug-likeness (QED) is 0.0660. The van der Waals surface area contributed by atoms with E-state index in [0.717, 1.165) is 0 Å². The summed E-state index contributed by atoms with van der Waals surface area (Å²) in [6.45, 7) is 12.0. The summed E-state index contributed by atoms with van der Waals surface area (Å²) in [4.78, 5) is 58.7. The Balaban J connectivity index is 1.62. The van der Waals surface area contributed by atoms with Crippen molar-refractivity contribution < 1.29 is 38.1 Å². The van der Waals surface area contributed by atoms with Gasteiger partial charge in [-0.1, -0.05) is 44.8 Å². The van der Waals surface area contributed by atoms with E-state index in [0.29, 0.717) is 14.7 Å². The lowest BCUT2D eigenvalue weighted by Gasteiger charge is -2.54. The van der Waals surface area contributed by atoms with E-state index >= 15 is 0 Å². The van der Waals surface area contributed by atoms with Gasteiger partial charge in [-0.05, 0) is 60.8 Å². The third kappa shape index (κ3) is 11.6. The fourth-order valence-corrected chi connectivity index (χ4v) is 9.49. The molecule has 0 radical (unpaired) electrons. The molecule has 50 heavy (non-hydrogen) atoms. The summed E-state index contributed by atoms with van der Waals surface area (Å²) in [5.74, 6) is -0.576. The zero-order valence-corrected chi connectivity index (χ0v) is 32.1. The lowest BCUT2D eigenvalue weighted by Crippen LogP contribution is -2.69. The minimum atomic E-state index is -1.53. The molecule has 0 spiro atoms. The largest absolute Gasteiger partial charge is 0.445 e. The summed E-state index contributed by atoms with van der Waals surface area (Å²) in [6.07, 6.45) is -1.51. The van der Waals surface area contributed by atoms with Crippen molar-refractivity contribution >= 4 is 77.8 Å². The van der Waals surface area contributed by atoms with Crippen LogP contribution in [0.1, 0.15) is 38.8 Å². The van der Waals surface area contributed by atoms with Gasteiger partial charge in [0.2, 0.25) is 5.91 Å². The molecule has 19 heteroatoms. The summed E-state index contributed by atoms with van der Waals surface area (Å²) in [6, 6.07) is 11.2. The molecule has 3 amide bonds. The molecular weight excluding hydrogens is 727 g/mol. The number of non-ortho nitro benzene ring substituents is 2. The zero-order chi connectivity index (χ0) is 37.2. The van der Waals surface area contributed by atoms with Gasteiger partial charge in [0.15, 0.2) is 9.04 Å². The number of hydrogen-bond acceptors (Lipinski definition) is 13. The Bertz CT molecular complexity index is 1480. The van der Waals surface area contributed by atoms with Gasteiger partial charge in [-0.15, -0.1) is 11.8 Å². The van der Waals surface area contributed by atoms with Crippen LogP contribution >= 0.6 is 35.7 Å². The number of nitro benzene ring substituents is 2. The number of rotatable bonds is 15. The summed E-state index contributed by atoms with van der Waals surface area (Å²) >= 11 is 8.23. The van der Waals surface area contributed by atoms with Gasteiger partial charge in [-0.3, -0.25) is 25.0 Å². The highest BCUT2D eigenvalue weighted by Gasteiger charge is 2.57. The van der Waals surface area contributed by atoms with Crippen LogP contribution in [0.15, 0.2) is 48.5 Å². The van der Waals surface area contributed by atoms with Gasteiger partial charge in [-0.25, -0.2) is 9.59 Å². The lowest BCUT2D eigenvalue weighted by molar-refractivity contribution is -0.385. The maximum Gasteiger partial charge on any atom is 0.407 e. The number of nitrogens with zero attached hydrogens (tertiary/aromatic N) is 2. The Morgan fingerprint density at radius 2 is 1.34 bits per heavy atom. The Kier molecular flexibility index (Phi) is 14.6. The molecule has 1 unspecified atom stereocenters. The molecule has 1 aliphatic heterocycles. The van der Waals surface area contributed by atoms with Crippen LogP contribution in [0, 0.1) is 31.6 Å². The van der Waals surface area contributed by atoms with Crippen LogP contribution in [-0.4, -0.2) is 69.8 Å². The van der Waals surface area contributed by atoms with E-state index in [4.69, 9.17) is 26.1 Å². The maximum absolute atomic E-state index is 12.9. The smallest absolute Gasteiger partial charge is 0.407 e. The third-order valence-corrected chi connectivity index (χ3v) is 11.7. The molecule has 3 atom stereocenters. The van der Waals surface area contributed by atoms with Crippen LogP contribution in [0.2, 0.25) is 13.1 Å². The van der Waals surface area contributed by atoms with E-state index in [1.165, 1.54) is 72.1 Å². The summed E-state index contributed by atoms with van der Waals surface area (Å²) < 4.78 is 17.5. The van der Waals surface area contributed by atoms with Gasteiger partial charge < -0.3 is 29.9 Å². The molecule has 0 aromatic heterocycles. The Morgan fingerprint density at radius 1 is 0.900 bits per heavy atom. The Hall–Kier alpha value is -3.78. The minimum absolute atomic E-state index is 0.0231. The molecule has 1 fully saturated rings. The number of hydrogen-bond donors (Lipinski definition) is 3. The van der Waals surface area contributed by atoms with Crippen LogP contribution in [0.4, 0.5) is 21.0 Å². The van der Waals surface area contributed by atoms with Gasteiger partial charge in [0, 0.05) is 42.6 Å². The third-order valence-electron chi connectivity index (χ3n) is 7.90. The second kappa shape index (κ2) is 17.9. The number of alkyl carbamates (subject to hydrolysis) is 2.